The Morgan fingerprint density at radius 3 is 2.67 bits per heavy atom. The molecule has 0 aromatic carbocycles. The van der Waals surface area contributed by atoms with Gasteiger partial charge in [0.2, 0.25) is 0 Å². The SMILES string of the molecule is Cc1cc(N2CCCC(N(C)C(=O)N(C)C)C2)n2nc(C)cc2n1. The smallest absolute Gasteiger partial charge is 0.319 e. The molecule has 130 valence electrons. The van der Waals surface area contributed by atoms with E-state index in [2.05, 4.69) is 21.0 Å². The number of fused-ring (bicyclic) bond motifs is 1. The summed E-state index contributed by atoms with van der Waals surface area (Å²) in [5, 5.41) is 4.59. The van der Waals surface area contributed by atoms with Gasteiger partial charge in [-0.2, -0.15) is 9.61 Å². The molecule has 0 radical (unpaired) electrons. The standard InChI is InChI=1S/C17H26N6O/c1-12-10-16(23-15(18-12)9-13(2)19-23)22-8-6-7-14(11-22)21(5)17(24)20(3)4/h9-10,14H,6-8,11H2,1-5H3. The van der Waals surface area contributed by atoms with Crippen molar-refractivity contribution < 1.29 is 4.79 Å². The lowest BCUT2D eigenvalue weighted by atomic mass is 10.0. The average molecular weight is 330 g/mol. The van der Waals surface area contributed by atoms with E-state index in [1.54, 1.807) is 19.0 Å². The van der Waals surface area contributed by atoms with Gasteiger partial charge in [0.1, 0.15) is 5.82 Å². The molecule has 1 fully saturated rings. The highest BCUT2D eigenvalue weighted by atomic mass is 16.2. The van der Waals surface area contributed by atoms with Crippen LogP contribution in [0.4, 0.5) is 10.6 Å². The lowest BCUT2D eigenvalue weighted by molar-refractivity contribution is 0.157. The number of anilines is 1. The second-order valence-corrected chi connectivity index (χ2v) is 6.84. The molecule has 1 atom stereocenters. The number of amides is 2. The Balaban J connectivity index is 1.89. The molecule has 2 aromatic rings. The number of aryl methyl sites for hydroxylation is 2. The number of urea groups is 1. The number of aromatic nitrogens is 3. The third kappa shape index (κ3) is 3.02. The van der Waals surface area contributed by atoms with Gasteiger partial charge in [0.15, 0.2) is 5.65 Å². The van der Waals surface area contributed by atoms with Gasteiger partial charge in [0.05, 0.1) is 11.7 Å². The molecule has 7 nitrogen and oxygen atoms in total. The Morgan fingerprint density at radius 1 is 1.21 bits per heavy atom. The minimum atomic E-state index is 0.0489. The summed E-state index contributed by atoms with van der Waals surface area (Å²) in [4.78, 5) is 22.6. The molecule has 24 heavy (non-hydrogen) atoms. The first-order valence-electron chi connectivity index (χ1n) is 8.40. The van der Waals surface area contributed by atoms with Crippen molar-refractivity contribution in [2.75, 3.05) is 39.1 Å². The predicted molar refractivity (Wildman–Crippen MR) is 94.5 cm³/mol. The summed E-state index contributed by atoms with van der Waals surface area (Å²) in [6, 6.07) is 4.33. The van der Waals surface area contributed by atoms with E-state index in [0.29, 0.717) is 0 Å². The molecule has 1 aliphatic rings. The van der Waals surface area contributed by atoms with E-state index in [1.165, 1.54) is 0 Å². The van der Waals surface area contributed by atoms with Crippen LogP contribution in [-0.4, -0.2) is 70.7 Å². The van der Waals surface area contributed by atoms with Crippen molar-refractivity contribution in [2.45, 2.75) is 32.7 Å². The fourth-order valence-electron chi connectivity index (χ4n) is 3.37. The first-order chi connectivity index (χ1) is 11.4. The number of rotatable bonds is 2. The molecule has 1 aliphatic heterocycles. The van der Waals surface area contributed by atoms with Crippen LogP contribution in [-0.2, 0) is 0 Å². The minimum absolute atomic E-state index is 0.0489. The van der Waals surface area contributed by atoms with Crippen LogP contribution in [0, 0.1) is 13.8 Å². The molecule has 0 bridgehead atoms. The van der Waals surface area contributed by atoms with Gasteiger partial charge in [0, 0.05) is 52.1 Å². The number of hydrogen-bond acceptors (Lipinski definition) is 4. The molecule has 1 unspecified atom stereocenters. The average Bonchev–Trinajstić information content (AvgIpc) is 2.92. The number of hydrogen-bond donors (Lipinski definition) is 0. The van der Waals surface area contributed by atoms with Crippen molar-refractivity contribution in [2.24, 2.45) is 0 Å². The number of carbonyl (C=O) groups excluding carboxylic acids is 1. The van der Waals surface area contributed by atoms with Crippen LogP contribution in [0.2, 0.25) is 0 Å². The molecule has 3 heterocycles. The van der Waals surface area contributed by atoms with Gasteiger partial charge in [-0.3, -0.25) is 0 Å². The van der Waals surface area contributed by atoms with Crippen molar-refractivity contribution in [3.05, 3.63) is 23.5 Å². The van der Waals surface area contributed by atoms with E-state index in [-0.39, 0.29) is 12.1 Å². The van der Waals surface area contributed by atoms with Crippen LogP contribution < -0.4 is 4.90 Å². The molecule has 1 saturated heterocycles. The first kappa shape index (κ1) is 16.5. The van der Waals surface area contributed by atoms with Crippen LogP contribution in [0.5, 0.6) is 0 Å². The second-order valence-electron chi connectivity index (χ2n) is 6.84. The molecule has 2 amide bonds. The zero-order valence-electron chi connectivity index (χ0n) is 15.2. The van der Waals surface area contributed by atoms with E-state index in [4.69, 9.17) is 0 Å². The maximum absolute atomic E-state index is 12.3. The van der Waals surface area contributed by atoms with Crippen LogP contribution in [0.15, 0.2) is 12.1 Å². The maximum atomic E-state index is 12.3. The highest BCUT2D eigenvalue weighted by Gasteiger charge is 2.28. The number of carbonyl (C=O) groups is 1. The highest BCUT2D eigenvalue weighted by Crippen LogP contribution is 2.24. The van der Waals surface area contributed by atoms with Crippen LogP contribution in [0.1, 0.15) is 24.2 Å². The van der Waals surface area contributed by atoms with E-state index in [1.807, 2.05) is 36.4 Å². The maximum Gasteiger partial charge on any atom is 0.319 e. The van der Waals surface area contributed by atoms with Gasteiger partial charge in [-0.1, -0.05) is 0 Å². The zero-order chi connectivity index (χ0) is 17.4. The topological polar surface area (TPSA) is 57.0 Å². The summed E-state index contributed by atoms with van der Waals surface area (Å²) in [5.41, 5.74) is 2.82. The molecule has 2 aromatic heterocycles. The Morgan fingerprint density at radius 2 is 1.96 bits per heavy atom. The fraction of sp³-hybridized carbons (Fsp3) is 0.588. The molecule has 3 rings (SSSR count). The minimum Gasteiger partial charge on any atom is -0.354 e. The Bertz CT molecular complexity index is 753. The Kier molecular flexibility index (Phi) is 4.34. The van der Waals surface area contributed by atoms with Gasteiger partial charge in [-0.05, 0) is 26.7 Å². The monoisotopic (exact) mass is 330 g/mol. The second kappa shape index (κ2) is 6.30. The Hall–Kier alpha value is -2.31. The molecule has 0 N–H and O–H groups in total. The van der Waals surface area contributed by atoms with Crippen molar-refractivity contribution in [3.63, 3.8) is 0 Å². The zero-order valence-corrected chi connectivity index (χ0v) is 15.2. The summed E-state index contributed by atoms with van der Waals surface area (Å²) < 4.78 is 1.92. The first-order valence-corrected chi connectivity index (χ1v) is 8.40. The van der Waals surface area contributed by atoms with Gasteiger partial charge >= 0.3 is 6.03 Å². The van der Waals surface area contributed by atoms with Crippen LogP contribution >= 0.6 is 0 Å². The third-order valence-corrected chi connectivity index (χ3v) is 4.61. The summed E-state index contributed by atoms with van der Waals surface area (Å²) >= 11 is 0. The number of nitrogens with zero attached hydrogens (tertiary/aromatic N) is 6. The lowest BCUT2D eigenvalue weighted by Crippen LogP contribution is -2.51. The van der Waals surface area contributed by atoms with Gasteiger partial charge in [-0.15, -0.1) is 0 Å². The van der Waals surface area contributed by atoms with Crippen molar-refractivity contribution in [3.8, 4) is 0 Å². The summed E-state index contributed by atoms with van der Waals surface area (Å²) in [7, 11) is 5.48. The van der Waals surface area contributed by atoms with Gasteiger partial charge in [-0.25, -0.2) is 9.78 Å². The normalized spacial score (nSPS) is 18.0. The van der Waals surface area contributed by atoms with E-state index >= 15 is 0 Å². The van der Waals surface area contributed by atoms with E-state index in [9.17, 15) is 4.79 Å². The highest BCUT2D eigenvalue weighted by molar-refractivity contribution is 5.74. The summed E-state index contributed by atoms with van der Waals surface area (Å²) in [5.74, 6) is 1.06. The molecule has 0 aliphatic carbocycles. The van der Waals surface area contributed by atoms with E-state index < -0.39 is 0 Å². The van der Waals surface area contributed by atoms with E-state index in [0.717, 1.165) is 48.8 Å². The van der Waals surface area contributed by atoms with Crippen molar-refractivity contribution in [1.82, 2.24) is 24.4 Å². The van der Waals surface area contributed by atoms with Crippen LogP contribution in [0.25, 0.3) is 5.65 Å². The fourth-order valence-corrected chi connectivity index (χ4v) is 3.37. The van der Waals surface area contributed by atoms with Crippen molar-refractivity contribution >= 4 is 17.5 Å². The van der Waals surface area contributed by atoms with Gasteiger partial charge in [0.25, 0.3) is 0 Å². The summed E-state index contributed by atoms with van der Waals surface area (Å²) in [6.45, 7) is 5.77. The lowest BCUT2D eigenvalue weighted by Gasteiger charge is -2.39. The summed E-state index contributed by atoms with van der Waals surface area (Å²) in [6.07, 6.45) is 2.08. The molecular formula is C17H26N6O. The largest absolute Gasteiger partial charge is 0.354 e. The molecule has 0 spiro atoms. The quantitative estimate of drug-likeness (QED) is 0.844. The van der Waals surface area contributed by atoms with Crippen LogP contribution in [0.3, 0.4) is 0 Å². The van der Waals surface area contributed by atoms with Gasteiger partial charge < -0.3 is 14.7 Å². The molecular weight excluding hydrogens is 304 g/mol. The number of likely N-dealkylation sites (N-methyl/N-ethyl adjacent to an activating group) is 1. The molecule has 0 saturated carbocycles. The predicted octanol–water partition coefficient (Wildman–Crippen LogP) is 1.93. The van der Waals surface area contributed by atoms with Crippen molar-refractivity contribution in [1.29, 1.82) is 0 Å². The number of piperidine rings is 1. The Labute approximate surface area is 142 Å². The molecule has 7 heteroatoms. The third-order valence-electron chi connectivity index (χ3n) is 4.61.